The molecule has 1 atom stereocenters. The summed E-state index contributed by atoms with van der Waals surface area (Å²) in [5, 5.41) is 4.78. The van der Waals surface area contributed by atoms with Crippen LogP contribution in [0.1, 0.15) is 24.9 Å². The fraction of sp³-hybridized carbons (Fsp3) is 0.467. The lowest BCUT2D eigenvalue weighted by Crippen LogP contribution is -2.45. The molecule has 0 spiro atoms. The van der Waals surface area contributed by atoms with Gasteiger partial charge in [0.15, 0.2) is 0 Å². The van der Waals surface area contributed by atoms with E-state index >= 15 is 0 Å². The van der Waals surface area contributed by atoms with Gasteiger partial charge in [0.25, 0.3) is 0 Å². The Balaban J connectivity index is 1.98. The summed E-state index contributed by atoms with van der Waals surface area (Å²) in [7, 11) is 0. The van der Waals surface area contributed by atoms with E-state index in [2.05, 4.69) is 62.5 Å². The maximum atomic E-state index is 3.58. The molecule has 19 heavy (non-hydrogen) atoms. The van der Waals surface area contributed by atoms with Gasteiger partial charge in [-0.3, -0.25) is 4.90 Å². The molecule has 0 amide bonds. The number of benzene rings is 1. The Morgan fingerprint density at radius 1 is 1.32 bits per heavy atom. The van der Waals surface area contributed by atoms with Crippen LogP contribution in [0, 0.1) is 0 Å². The predicted molar refractivity (Wildman–Crippen MR) is 83.5 cm³/mol. The third-order valence-electron chi connectivity index (χ3n) is 4.01. The van der Waals surface area contributed by atoms with Gasteiger partial charge in [-0.15, -0.1) is 0 Å². The second-order valence-corrected chi connectivity index (χ2v) is 6.06. The van der Waals surface area contributed by atoms with Crippen molar-refractivity contribution in [2.24, 2.45) is 0 Å². The second-order valence-electron chi connectivity index (χ2n) is 5.14. The first-order chi connectivity index (χ1) is 9.29. The largest absolute Gasteiger partial charge is 0.361 e. The van der Waals surface area contributed by atoms with Gasteiger partial charge < -0.3 is 10.3 Å². The molecule has 1 saturated heterocycles. The van der Waals surface area contributed by atoms with Crippen LogP contribution in [0.2, 0.25) is 0 Å². The number of fused-ring (bicyclic) bond motifs is 1. The number of piperazine rings is 1. The van der Waals surface area contributed by atoms with Crippen LogP contribution in [0.4, 0.5) is 0 Å². The van der Waals surface area contributed by atoms with E-state index < -0.39 is 0 Å². The fourth-order valence-electron chi connectivity index (χ4n) is 3.06. The van der Waals surface area contributed by atoms with E-state index in [4.69, 9.17) is 0 Å². The quantitative estimate of drug-likeness (QED) is 0.909. The van der Waals surface area contributed by atoms with E-state index in [0.29, 0.717) is 6.04 Å². The third-order valence-corrected chi connectivity index (χ3v) is 4.51. The minimum Gasteiger partial charge on any atom is -0.361 e. The van der Waals surface area contributed by atoms with Crippen molar-refractivity contribution in [1.82, 2.24) is 15.2 Å². The van der Waals surface area contributed by atoms with Gasteiger partial charge in [-0.2, -0.15) is 0 Å². The van der Waals surface area contributed by atoms with Crippen molar-refractivity contribution in [3.63, 3.8) is 0 Å². The molecule has 0 bridgehead atoms. The maximum Gasteiger partial charge on any atom is 0.0458 e. The van der Waals surface area contributed by atoms with Crippen LogP contribution in [0.3, 0.4) is 0 Å². The first-order valence-electron chi connectivity index (χ1n) is 7.01. The molecule has 0 saturated carbocycles. The highest BCUT2D eigenvalue weighted by Gasteiger charge is 2.22. The minimum atomic E-state index is 0.519. The van der Waals surface area contributed by atoms with Gasteiger partial charge in [0.1, 0.15) is 0 Å². The SMILES string of the molecule is CC[C@H](c1c[nH]c2ccc(Br)cc12)N1CCNCC1. The standard InChI is InChI=1S/C15H20BrN3/c1-2-15(19-7-5-17-6-8-19)13-10-18-14-4-3-11(16)9-12(13)14/h3-4,9-10,15,17-18H,2,5-8H2,1H3/t15-/m1/s1. The first kappa shape index (κ1) is 13.2. The van der Waals surface area contributed by atoms with E-state index in [9.17, 15) is 0 Å². The van der Waals surface area contributed by atoms with E-state index in [1.54, 1.807) is 0 Å². The number of nitrogens with one attached hydrogen (secondary N) is 2. The van der Waals surface area contributed by atoms with Crippen molar-refractivity contribution in [2.45, 2.75) is 19.4 Å². The number of H-pyrrole nitrogens is 1. The fourth-order valence-corrected chi connectivity index (χ4v) is 3.42. The molecule has 1 aliphatic rings. The minimum absolute atomic E-state index is 0.519. The summed E-state index contributed by atoms with van der Waals surface area (Å²) in [6.07, 6.45) is 3.34. The molecule has 3 nitrogen and oxygen atoms in total. The third kappa shape index (κ3) is 2.57. The Kier molecular flexibility index (Phi) is 3.91. The van der Waals surface area contributed by atoms with Gasteiger partial charge >= 0.3 is 0 Å². The summed E-state index contributed by atoms with van der Waals surface area (Å²) in [5.41, 5.74) is 2.66. The van der Waals surface area contributed by atoms with Crippen LogP contribution in [-0.2, 0) is 0 Å². The molecule has 0 unspecified atom stereocenters. The average Bonchev–Trinajstić information content (AvgIpc) is 2.84. The number of hydrogen-bond acceptors (Lipinski definition) is 2. The van der Waals surface area contributed by atoms with E-state index in [1.807, 2.05) is 0 Å². The lowest BCUT2D eigenvalue weighted by molar-refractivity contribution is 0.170. The highest BCUT2D eigenvalue weighted by molar-refractivity contribution is 9.10. The lowest BCUT2D eigenvalue weighted by Gasteiger charge is -2.34. The predicted octanol–water partition coefficient (Wildman–Crippen LogP) is 3.29. The molecule has 0 aliphatic carbocycles. The molecular weight excluding hydrogens is 302 g/mol. The van der Waals surface area contributed by atoms with Crippen molar-refractivity contribution in [3.05, 3.63) is 34.4 Å². The van der Waals surface area contributed by atoms with Crippen molar-refractivity contribution in [2.75, 3.05) is 26.2 Å². The van der Waals surface area contributed by atoms with Crippen LogP contribution in [-0.4, -0.2) is 36.1 Å². The number of halogens is 1. The smallest absolute Gasteiger partial charge is 0.0458 e. The molecule has 0 radical (unpaired) electrons. The lowest BCUT2D eigenvalue weighted by atomic mass is 10.0. The normalized spacial score (nSPS) is 18.8. The molecule has 102 valence electrons. The second kappa shape index (κ2) is 5.65. The van der Waals surface area contributed by atoms with Crippen molar-refractivity contribution >= 4 is 26.8 Å². The van der Waals surface area contributed by atoms with Gasteiger partial charge in [-0.05, 0) is 30.2 Å². The number of hydrogen-bond donors (Lipinski definition) is 2. The molecule has 2 heterocycles. The summed E-state index contributed by atoms with van der Waals surface area (Å²) in [6, 6.07) is 6.98. The molecule has 3 rings (SSSR count). The van der Waals surface area contributed by atoms with E-state index in [1.165, 1.54) is 16.5 Å². The molecule has 2 N–H and O–H groups in total. The molecular formula is C15H20BrN3. The monoisotopic (exact) mass is 321 g/mol. The topological polar surface area (TPSA) is 31.1 Å². The van der Waals surface area contributed by atoms with Crippen LogP contribution in [0.5, 0.6) is 0 Å². The van der Waals surface area contributed by atoms with Crippen LogP contribution in [0.15, 0.2) is 28.9 Å². The zero-order valence-electron chi connectivity index (χ0n) is 11.2. The summed E-state index contributed by atoms with van der Waals surface area (Å²) in [6.45, 7) is 6.76. The average molecular weight is 322 g/mol. The van der Waals surface area contributed by atoms with Crippen molar-refractivity contribution in [3.8, 4) is 0 Å². The molecule has 2 aromatic rings. The number of nitrogens with zero attached hydrogens (tertiary/aromatic N) is 1. The zero-order valence-corrected chi connectivity index (χ0v) is 12.8. The maximum absolute atomic E-state index is 3.58. The Bertz CT molecular complexity index is 558. The molecule has 1 aromatic heterocycles. The summed E-state index contributed by atoms with van der Waals surface area (Å²) < 4.78 is 1.15. The van der Waals surface area contributed by atoms with Crippen LogP contribution in [0.25, 0.3) is 10.9 Å². The van der Waals surface area contributed by atoms with E-state index in [-0.39, 0.29) is 0 Å². The van der Waals surface area contributed by atoms with E-state index in [0.717, 1.165) is 37.1 Å². The van der Waals surface area contributed by atoms with Crippen molar-refractivity contribution in [1.29, 1.82) is 0 Å². The van der Waals surface area contributed by atoms with Crippen molar-refractivity contribution < 1.29 is 0 Å². The Morgan fingerprint density at radius 2 is 2.11 bits per heavy atom. The number of rotatable bonds is 3. The van der Waals surface area contributed by atoms with Gasteiger partial charge in [0.05, 0.1) is 0 Å². The van der Waals surface area contributed by atoms with Crippen LogP contribution >= 0.6 is 15.9 Å². The van der Waals surface area contributed by atoms with Crippen LogP contribution < -0.4 is 5.32 Å². The Morgan fingerprint density at radius 3 is 2.84 bits per heavy atom. The summed E-state index contributed by atoms with van der Waals surface area (Å²) in [4.78, 5) is 6.00. The molecule has 1 aromatic carbocycles. The van der Waals surface area contributed by atoms with Gasteiger partial charge in [-0.1, -0.05) is 22.9 Å². The van der Waals surface area contributed by atoms with Gasteiger partial charge in [0, 0.05) is 53.8 Å². The number of aromatic nitrogens is 1. The summed E-state index contributed by atoms with van der Waals surface area (Å²) in [5.74, 6) is 0. The highest BCUT2D eigenvalue weighted by Crippen LogP contribution is 2.32. The summed E-state index contributed by atoms with van der Waals surface area (Å²) >= 11 is 3.58. The highest BCUT2D eigenvalue weighted by atomic mass is 79.9. The Hall–Kier alpha value is -0.840. The van der Waals surface area contributed by atoms with Gasteiger partial charge in [0.2, 0.25) is 0 Å². The Labute approximate surface area is 122 Å². The first-order valence-corrected chi connectivity index (χ1v) is 7.80. The molecule has 1 fully saturated rings. The zero-order chi connectivity index (χ0) is 13.2. The number of aromatic amines is 1. The van der Waals surface area contributed by atoms with Gasteiger partial charge in [-0.25, -0.2) is 0 Å². The molecule has 1 aliphatic heterocycles. The molecule has 4 heteroatoms.